The molecule has 0 aliphatic carbocycles. The van der Waals surface area contributed by atoms with Gasteiger partial charge in [0.05, 0.1) is 5.02 Å². The maximum absolute atomic E-state index is 13.1. The number of benzene rings is 1. The highest BCUT2D eigenvalue weighted by Gasteiger charge is 2.21. The number of halogens is 6. The highest BCUT2D eigenvalue weighted by atomic mass is 79.9. The average Bonchev–Trinajstić information content (AvgIpc) is 2.13. The van der Waals surface area contributed by atoms with Crippen molar-refractivity contribution < 1.29 is 13.2 Å². The fourth-order valence-electron chi connectivity index (χ4n) is 0.768. The third-order valence-electron chi connectivity index (χ3n) is 1.43. The largest absolute Gasteiger partial charge is 0.205 e. The maximum Gasteiger partial charge on any atom is 0.181 e. The molecule has 0 N–H and O–H groups in total. The first kappa shape index (κ1) is 11.1. The van der Waals surface area contributed by atoms with E-state index >= 15 is 0 Å². The average molecular weight is 294 g/mol. The first-order chi connectivity index (χ1) is 6.00. The van der Waals surface area contributed by atoms with E-state index in [1.807, 2.05) is 0 Å². The van der Waals surface area contributed by atoms with Gasteiger partial charge in [0.25, 0.3) is 0 Å². The first-order valence-corrected chi connectivity index (χ1v) is 4.94. The van der Waals surface area contributed by atoms with Crippen LogP contribution in [0.15, 0.2) is 0 Å². The lowest BCUT2D eigenvalue weighted by atomic mass is 10.2. The molecule has 6 heteroatoms. The minimum atomic E-state index is -1.46. The predicted octanol–water partition coefficient (Wildman–Crippen LogP) is 4.31. The fourth-order valence-corrected chi connectivity index (χ4v) is 1.89. The van der Waals surface area contributed by atoms with Crippen LogP contribution in [-0.4, -0.2) is 0 Å². The van der Waals surface area contributed by atoms with Crippen molar-refractivity contribution in [3.8, 4) is 0 Å². The van der Waals surface area contributed by atoms with E-state index in [1.165, 1.54) is 0 Å². The molecule has 0 amide bonds. The van der Waals surface area contributed by atoms with Crippen LogP contribution in [0.5, 0.6) is 0 Å². The van der Waals surface area contributed by atoms with Gasteiger partial charge in [-0.15, -0.1) is 0 Å². The molecule has 0 aliphatic heterocycles. The monoisotopic (exact) mass is 292 g/mol. The van der Waals surface area contributed by atoms with E-state index in [9.17, 15) is 13.2 Å². The minimum Gasteiger partial charge on any atom is -0.205 e. The van der Waals surface area contributed by atoms with Gasteiger partial charge in [-0.05, 0) is 0 Å². The molecule has 0 saturated heterocycles. The molecule has 0 heterocycles. The minimum absolute atomic E-state index is 0.0331. The Labute approximate surface area is 90.8 Å². The topological polar surface area (TPSA) is 0 Å². The molecule has 0 unspecified atom stereocenters. The summed E-state index contributed by atoms with van der Waals surface area (Å²) in [5.74, 6) is -3.83. The Morgan fingerprint density at radius 3 is 1.85 bits per heavy atom. The van der Waals surface area contributed by atoms with Gasteiger partial charge in [0.15, 0.2) is 17.5 Å². The van der Waals surface area contributed by atoms with Crippen molar-refractivity contribution in [2.45, 2.75) is 5.33 Å². The summed E-state index contributed by atoms with van der Waals surface area (Å²) in [4.78, 5) is 0. The molecular formula is C7H2BrCl2F3. The lowest BCUT2D eigenvalue weighted by Gasteiger charge is -2.06. The van der Waals surface area contributed by atoms with Crippen LogP contribution < -0.4 is 0 Å². The Morgan fingerprint density at radius 2 is 1.38 bits per heavy atom. The molecule has 0 bridgehead atoms. The second kappa shape index (κ2) is 4.07. The summed E-state index contributed by atoms with van der Waals surface area (Å²) < 4.78 is 38.6. The summed E-state index contributed by atoms with van der Waals surface area (Å²) in [7, 11) is 0. The van der Waals surface area contributed by atoms with Crippen LogP contribution >= 0.6 is 39.1 Å². The van der Waals surface area contributed by atoms with Crippen molar-refractivity contribution in [1.29, 1.82) is 0 Å². The van der Waals surface area contributed by atoms with Gasteiger partial charge in [-0.25, -0.2) is 13.2 Å². The van der Waals surface area contributed by atoms with Crippen LogP contribution in [0.2, 0.25) is 10.0 Å². The van der Waals surface area contributed by atoms with Gasteiger partial charge in [0.1, 0.15) is 5.02 Å². The van der Waals surface area contributed by atoms with Crippen molar-refractivity contribution in [2.24, 2.45) is 0 Å². The molecule has 72 valence electrons. The molecule has 0 fully saturated rings. The van der Waals surface area contributed by atoms with Crippen molar-refractivity contribution in [3.63, 3.8) is 0 Å². The smallest absolute Gasteiger partial charge is 0.181 e. The summed E-state index contributed by atoms with van der Waals surface area (Å²) >= 11 is 13.4. The molecule has 0 spiro atoms. The van der Waals surface area contributed by atoms with Crippen molar-refractivity contribution in [3.05, 3.63) is 33.1 Å². The van der Waals surface area contributed by atoms with E-state index in [-0.39, 0.29) is 10.9 Å². The summed E-state index contributed by atoms with van der Waals surface area (Å²) in [6.45, 7) is 0. The normalized spacial score (nSPS) is 10.6. The van der Waals surface area contributed by atoms with Gasteiger partial charge < -0.3 is 0 Å². The molecule has 13 heavy (non-hydrogen) atoms. The molecule has 0 atom stereocenters. The van der Waals surface area contributed by atoms with E-state index in [0.717, 1.165) is 0 Å². The van der Waals surface area contributed by atoms with Crippen LogP contribution in [0, 0.1) is 17.5 Å². The molecule has 1 aromatic carbocycles. The standard InChI is InChI=1S/C7H2BrCl2F3/c8-1-2-3(9)6(12)7(13)4(10)5(2)11/h1H2. The maximum atomic E-state index is 13.1. The molecular weight excluding hydrogens is 292 g/mol. The Bertz CT molecular complexity index is 325. The fraction of sp³-hybridized carbons (Fsp3) is 0.143. The predicted molar refractivity (Wildman–Crippen MR) is 49.0 cm³/mol. The summed E-state index contributed by atoms with van der Waals surface area (Å²) in [6, 6.07) is 0. The Hall–Kier alpha value is 0.0700. The number of alkyl halides is 1. The molecule has 0 aromatic heterocycles. The van der Waals surface area contributed by atoms with Crippen LogP contribution in [0.1, 0.15) is 5.56 Å². The van der Waals surface area contributed by atoms with Crippen LogP contribution in [0.25, 0.3) is 0 Å². The summed E-state index contributed by atoms with van der Waals surface area (Å²) in [6.07, 6.45) is 0. The van der Waals surface area contributed by atoms with E-state index in [0.29, 0.717) is 0 Å². The van der Waals surface area contributed by atoms with E-state index in [4.69, 9.17) is 23.2 Å². The van der Waals surface area contributed by atoms with Gasteiger partial charge in [-0.2, -0.15) is 0 Å². The lowest BCUT2D eigenvalue weighted by Crippen LogP contribution is -1.98. The van der Waals surface area contributed by atoms with Crippen LogP contribution in [0.4, 0.5) is 13.2 Å². The third kappa shape index (κ3) is 1.80. The SMILES string of the molecule is Fc1c(F)c(Cl)c(CBr)c(F)c1Cl. The molecule has 0 nitrogen and oxygen atoms in total. The number of hydrogen-bond donors (Lipinski definition) is 0. The van der Waals surface area contributed by atoms with Crippen molar-refractivity contribution in [2.75, 3.05) is 0 Å². The van der Waals surface area contributed by atoms with E-state index in [2.05, 4.69) is 15.9 Å². The van der Waals surface area contributed by atoms with Crippen LogP contribution in [-0.2, 0) is 5.33 Å². The second-order valence-electron chi connectivity index (χ2n) is 2.18. The Morgan fingerprint density at radius 1 is 0.923 bits per heavy atom. The lowest BCUT2D eigenvalue weighted by molar-refractivity contribution is 0.493. The first-order valence-electron chi connectivity index (χ1n) is 3.07. The molecule has 1 aromatic rings. The highest BCUT2D eigenvalue weighted by Crippen LogP contribution is 2.32. The van der Waals surface area contributed by atoms with E-state index in [1.54, 1.807) is 0 Å². The molecule has 1 rings (SSSR count). The molecule has 0 radical (unpaired) electrons. The van der Waals surface area contributed by atoms with Crippen molar-refractivity contribution >= 4 is 39.1 Å². The number of hydrogen-bond acceptors (Lipinski definition) is 0. The summed E-state index contributed by atoms with van der Waals surface area (Å²) in [5.41, 5.74) is -0.189. The van der Waals surface area contributed by atoms with E-state index < -0.39 is 27.5 Å². The molecule has 0 aliphatic rings. The van der Waals surface area contributed by atoms with Gasteiger partial charge in [0.2, 0.25) is 0 Å². The zero-order valence-electron chi connectivity index (χ0n) is 5.97. The zero-order chi connectivity index (χ0) is 10.2. The Balaban J connectivity index is 3.56. The van der Waals surface area contributed by atoms with Crippen molar-refractivity contribution in [1.82, 2.24) is 0 Å². The molecule has 0 saturated carbocycles. The third-order valence-corrected chi connectivity index (χ3v) is 2.72. The van der Waals surface area contributed by atoms with Gasteiger partial charge >= 0.3 is 0 Å². The highest BCUT2D eigenvalue weighted by molar-refractivity contribution is 9.08. The second-order valence-corrected chi connectivity index (χ2v) is 3.50. The number of rotatable bonds is 1. The van der Waals surface area contributed by atoms with Crippen LogP contribution in [0.3, 0.4) is 0 Å². The zero-order valence-corrected chi connectivity index (χ0v) is 9.07. The van der Waals surface area contributed by atoms with Gasteiger partial charge in [-0.1, -0.05) is 39.1 Å². The quantitative estimate of drug-likeness (QED) is 0.411. The van der Waals surface area contributed by atoms with Gasteiger partial charge in [0, 0.05) is 10.9 Å². The Kier molecular flexibility index (Phi) is 3.49. The van der Waals surface area contributed by atoms with Gasteiger partial charge in [-0.3, -0.25) is 0 Å². The summed E-state index contributed by atoms with van der Waals surface area (Å²) in [5, 5.41) is -1.50.